The second-order valence-electron chi connectivity index (χ2n) is 6.39. The molecule has 8 nitrogen and oxygen atoms in total. The van der Waals surface area contributed by atoms with Crippen LogP contribution in [-0.2, 0) is 18.3 Å². The summed E-state index contributed by atoms with van der Waals surface area (Å²) in [5.41, 5.74) is 0.137. The molecule has 1 aliphatic heterocycles. The van der Waals surface area contributed by atoms with Gasteiger partial charge >= 0.3 is 5.69 Å². The molecule has 2 heterocycles. The smallest absolute Gasteiger partial charge is 0.331 e. The third-order valence-electron chi connectivity index (χ3n) is 4.53. The minimum atomic E-state index is -0.418. The Balaban J connectivity index is 2.14. The van der Waals surface area contributed by atoms with Crippen LogP contribution in [0.4, 0.5) is 5.69 Å². The highest BCUT2D eigenvalue weighted by Crippen LogP contribution is 2.20. The number of nitrogens with one attached hydrogen (secondary N) is 1. The lowest BCUT2D eigenvalue weighted by Crippen LogP contribution is -2.41. The molecule has 1 saturated heterocycles. The van der Waals surface area contributed by atoms with Crippen molar-refractivity contribution in [2.45, 2.75) is 26.8 Å². The van der Waals surface area contributed by atoms with Crippen molar-refractivity contribution in [3.63, 3.8) is 0 Å². The molecule has 1 fully saturated rings. The first-order chi connectivity index (χ1) is 13.0. The van der Waals surface area contributed by atoms with Gasteiger partial charge in [-0.2, -0.15) is 0 Å². The molecule has 0 amide bonds. The second-order valence-corrected chi connectivity index (χ2v) is 7.52. The van der Waals surface area contributed by atoms with Crippen LogP contribution in [0, 0.1) is 6.92 Å². The molecule has 0 saturated carbocycles. The number of aliphatic hydroxyl groups is 1. The Morgan fingerprint density at radius 3 is 2.63 bits per heavy atom. The van der Waals surface area contributed by atoms with Crippen LogP contribution in [0.5, 0.6) is 0 Å². The molecule has 2 rings (SSSR count). The van der Waals surface area contributed by atoms with Crippen molar-refractivity contribution < 1.29 is 9.84 Å². The largest absolute Gasteiger partial charge is 0.395 e. The minimum absolute atomic E-state index is 0.157. The Bertz CT molecular complexity index is 766. The number of ether oxygens (including phenoxy) is 1. The molecule has 0 atom stereocenters. The van der Waals surface area contributed by atoms with E-state index in [9.17, 15) is 14.7 Å². The van der Waals surface area contributed by atoms with Gasteiger partial charge in [0, 0.05) is 38.1 Å². The van der Waals surface area contributed by atoms with Crippen LogP contribution in [0.15, 0.2) is 20.7 Å². The first-order valence-electron chi connectivity index (χ1n) is 9.31. The molecule has 152 valence electrons. The van der Waals surface area contributed by atoms with Crippen molar-refractivity contribution in [3.8, 4) is 0 Å². The Morgan fingerprint density at radius 1 is 1.30 bits per heavy atom. The molecule has 2 N–H and O–H groups in total. The fourth-order valence-electron chi connectivity index (χ4n) is 2.94. The molecule has 1 aromatic heterocycles. The molecule has 0 aliphatic carbocycles. The summed E-state index contributed by atoms with van der Waals surface area (Å²) in [7, 11) is 1.46. The topological polar surface area (TPSA) is 88.7 Å². The zero-order valence-corrected chi connectivity index (χ0v) is 17.2. The molecule has 1 aromatic rings. The monoisotopic (exact) mass is 398 g/mol. The summed E-state index contributed by atoms with van der Waals surface area (Å²) in [6, 6.07) is 0. The normalized spacial score (nSPS) is 15.9. The molecule has 0 spiro atoms. The van der Waals surface area contributed by atoms with Gasteiger partial charge in [0.1, 0.15) is 5.69 Å². The molecule has 0 unspecified atom stereocenters. The highest BCUT2D eigenvalue weighted by molar-refractivity contribution is 8.03. The van der Waals surface area contributed by atoms with Gasteiger partial charge in [0.25, 0.3) is 5.56 Å². The summed E-state index contributed by atoms with van der Waals surface area (Å²) in [6.07, 6.45) is 2.88. The fourth-order valence-corrected chi connectivity index (χ4v) is 3.97. The highest BCUT2D eigenvalue weighted by Gasteiger charge is 2.16. The quantitative estimate of drug-likeness (QED) is 0.629. The van der Waals surface area contributed by atoms with Crippen molar-refractivity contribution in [1.82, 2.24) is 14.0 Å². The average Bonchev–Trinajstić information content (AvgIpc) is 2.68. The predicted octanol–water partition coefficient (Wildman–Crippen LogP) is 0.576. The van der Waals surface area contributed by atoms with E-state index in [1.807, 2.05) is 13.0 Å². The summed E-state index contributed by atoms with van der Waals surface area (Å²) in [5.74, 6) is 0.897. The number of morpholine rings is 1. The number of aliphatic hydroxyl groups excluding tert-OH is 1. The van der Waals surface area contributed by atoms with Gasteiger partial charge in [-0.3, -0.25) is 18.8 Å². The number of aromatic nitrogens is 2. The first kappa shape index (κ1) is 21.7. The molecule has 27 heavy (non-hydrogen) atoms. The van der Waals surface area contributed by atoms with E-state index < -0.39 is 5.69 Å². The molecule has 9 heteroatoms. The summed E-state index contributed by atoms with van der Waals surface area (Å²) < 4.78 is 7.87. The van der Waals surface area contributed by atoms with Gasteiger partial charge < -0.3 is 15.2 Å². The third kappa shape index (κ3) is 5.71. The van der Waals surface area contributed by atoms with E-state index in [1.54, 1.807) is 18.7 Å². The van der Waals surface area contributed by atoms with Gasteiger partial charge in [-0.1, -0.05) is 13.0 Å². The second kappa shape index (κ2) is 10.7. The van der Waals surface area contributed by atoms with Crippen LogP contribution in [0.1, 0.15) is 19.0 Å². The van der Waals surface area contributed by atoms with Crippen molar-refractivity contribution in [2.24, 2.45) is 7.05 Å². The summed E-state index contributed by atoms with van der Waals surface area (Å²) in [5, 5.41) is 13.4. The van der Waals surface area contributed by atoms with Gasteiger partial charge in [-0.15, -0.1) is 11.8 Å². The van der Waals surface area contributed by atoms with E-state index in [1.165, 1.54) is 11.6 Å². The number of nitrogens with zero attached hydrogens (tertiary/aromatic N) is 3. The van der Waals surface area contributed by atoms with Crippen LogP contribution in [-0.4, -0.2) is 64.3 Å². The molecular formula is C18H30N4O4S. The number of allylic oxidation sites excluding steroid dienone is 1. The lowest BCUT2D eigenvalue weighted by atomic mass is 10.3. The van der Waals surface area contributed by atoms with Crippen molar-refractivity contribution in [1.29, 1.82) is 0 Å². The van der Waals surface area contributed by atoms with Crippen molar-refractivity contribution in [3.05, 3.63) is 37.6 Å². The Labute approximate surface area is 163 Å². The fraction of sp³-hybridized carbons (Fsp3) is 0.667. The SMILES string of the molecule is CC/C=C(\Nc1c(C)n(CCO)c(=O)n(C)c1=O)SCCN1CCOCC1. The number of thioether (sulfide) groups is 1. The van der Waals surface area contributed by atoms with E-state index in [0.717, 1.165) is 54.6 Å². The van der Waals surface area contributed by atoms with Crippen LogP contribution >= 0.6 is 11.8 Å². The van der Waals surface area contributed by atoms with Crippen LogP contribution in [0.3, 0.4) is 0 Å². The van der Waals surface area contributed by atoms with E-state index in [-0.39, 0.29) is 18.7 Å². The lowest BCUT2D eigenvalue weighted by Gasteiger charge is -2.26. The Hall–Kier alpha value is -1.55. The van der Waals surface area contributed by atoms with Crippen LogP contribution < -0.4 is 16.6 Å². The van der Waals surface area contributed by atoms with Crippen molar-refractivity contribution in [2.75, 3.05) is 50.5 Å². The van der Waals surface area contributed by atoms with E-state index in [0.29, 0.717) is 11.4 Å². The van der Waals surface area contributed by atoms with E-state index >= 15 is 0 Å². The van der Waals surface area contributed by atoms with E-state index in [4.69, 9.17) is 4.74 Å². The van der Waals surface area contributed by atoms with Crippen molar-refractivity contribution >= 4 is 17.4 Å². The van der Waals surface area contributed by atoms with Crippen LogP contribution in [0.2, 0.25) is 0 Å². The van der Waals surface area contributed by atoms with Crippen LogP contribution in [0.25, 0.3) is 0 Å². The average molecular weight is 399 g/mol. The van der Waals surface area contributed by atoms with Gasteiger partial charge in [0.2, 0.25) is 0 Å². The number of hydrogen-bond acceptors (Lipinski definition) is 7. The van der Waals surface area contributed by atoms with Gasteiger partial charge in [-0.25, -0.2) is 4.79 Å². The minimum Gasteiger partial charge on any atom is -0.395 e. The summed E-state index contributed by atoms with van der Waals surface area (Å²) in [4.78, 5) is 27.2. The third-order valence-corrected chi connectivity index (χ3v) is 5.50. The maximum absolute atomic E-state index is 12.6. The first-order valence-corrected chi connectivity index (χ1v) is 10.3. The summed E-state index contributed by atoms with van der Waals surface area (Å²) in [6.45, 7) is 8.18. The molecule has 0 aromatic carbocycles. The Kier molecular flexibility index (Phi) is 8.62. The van der Waals surface area contributed by atoms with Gasteiger partial charge in [0.15, 0.2) is 0 Å². The summed E-state index contributed by atoms with van der Waals surface area (Å²) >= 11 is 1.66. The number of hydrogen-bond donors (Lipinski definition) is 2. The zero-order valence-electron chi connectivity index (χ0n) is 16.4. The maximum atomic E-state index is 12.6. The Morgan fingerprint density at radius 2 is 2.00 bits per heavy atom. The van der Waals surface area contributed by atoms with Gasteiger partial charge in [-0.05, 0) is 13.3 Å². The number of rotatable bonds is 9. The predicted molar refractivity (Wildman–Crippen MR) is 109 cm³/mol. The van der Waals surface area contributed by atoms with E-state index in [2.05, 4.69) is 10.2 Å². The maximum Gasteiger partial charge on any atom is 0.331 e. The van der Waals surface area contributed by atoms with Gasteiger partial charge in [0.05, 0.1) is 31.4 Å². The zero-order chi connectivity index (χ0) is 19.8. The highest BCUT2D eigenvalue weighted by atomic mass is 32.2. The standard InChI is InChI=1S/C18H30N4O4S/c1-4-5-15(27-13-9-21-7-11-26-12-8-21)19-16-14(2)22(6-10-23)18(25)20(3)17(16)24/h5,19,23H,4,6-13H2,1-3H3/b15-5+. The molecule has 0 bridgehead atoms. The lowest BCUT2D eigenvalue weighted by molar-refractivity contribution is 0.0410. The molecule has 0 radical (unpaired) electrons. The molecule has 1 aliphatic rings. The molecular weight excluding hydrogens is 368 g/mol. The number of anilines is 1.